The summed E-state index contributed by atoms with van der Waals surface area (Å²) in [5.41, 5.74) is 0.949. The highest BCUT2D eigenvalue weighted by molar-refractivity contribution is 7.89. The monoisotopic (exact) mass is 338 g/mol. The van der Waals surface area contributed by atoms with E-state index in [2.05, 4.69) is 15.6 Å². The van der Waals surface area contributed by atoms with Crippen LogP contribution in [0.3, 0.4) is 0 Å². The van der Waals surface area contributed by atoms with E-state index in [0.29, 0.717) is 18.7 Å². The molecule has 0 saturated carbocycles. The molecule has 3 unspecified atom stereocenters. The van der Waals surface area contributed by atoms with Crippen LogP contribution in [0.25, 0.3) is 0 Å². The summed E-state index contributed by atoms with van der Waals surface area (Å²) in [4.78, 5) is 4.34. The Morgan fingerprint density at radius 3 is 2.61 bits per heavy atom. The number of fused-ring (bicyclic) bond motifs is 2. The van der Waals surface area contributed by atoms with Crippen molar-refractivity contribution in [3.63, 3.8) is 0 Å². The van der Waals surface area contributed by atoms with Crippen LogP contribution >= 0.6 is 0 Å². The molecule has 4 N–H and O–H groups in total. The predicted molar refractivity (Wildman–Crippen MR) is 87.4 cm³/mol. The molecule has 2 saturated heterocycles. The summed E-state index contributed by atoms with van der Waals surface area (Å²) in [7, 11) is -1.92. The average molecular weight is 338 g/mol. The first kappa shape index (κ1) is 16.2. The normalized spacial score (nSPS) is 27.2. The number of hydrogen-bond donors (Lipinski definition) is 3. The van der Waals surface area contributed by atoms with Crippen molar-refractivity contribution in [1.82, 2.24) is 10.6 Å². The Bertz CT molecular complexity index is 687. The molecule has 0 spiro atoms. The molecule has 7 nitrogen and oxygen atoms in total. The molecule has 0 amide bonds. The van der Waals surface area contributed by atoms with Crippen LogP contribution in [0.2, 0.25) is 0 Å². The van der Waals surface area contributed by atoms with E-state index in [9.17, 15) is 8.42 Å². The molecule has 23 heavy (non-hydrogen) atoms. The summed E-state index contributed by atoms with van der Waals surface area (Å²) < 4.78 is 28.3. The molecule has 2 aliphatic rings. The minimum atomic E-state index is -3.65. The third kappa shape index (κ3) is 3.82. The molecule has 1 aromatic carbocycles. The molecule has 126 valence electrons. The van der Waals surface area contributed by atoms with Gasteiger partial charge in [0, 0.05) is 13.6 Å². The third-order valence-electron chi connectivity index (χ3n) is 4.36. The molecule has 8 heteroatoms. The summed E-state index contributed by atoms with van der Waals surface area (Å²) >= 11 is 0. The van der Waals surface area contributed by atoms with Gasteiger partial charge in [-0.25, -0.2) is 13.6 Å². The first-order valence-electron chi connectivity index (χ1n) is 7.70. The number of primary sulfonamides is 1. The molecule has 3 rings (SSSR count). The SMILES string of the molecule is CN=C(NCc1ccc(S(N)(=O)=O)cc1)NC1CC2CCC1O2. The fourth-order valence-electron chi connectivity index (χ4n) is 3.14. The van der Waals surface area contributed by atoms with Crippen LogP contribution < -0.4 is 15.8 Å². The van der Waals surface area contributed by atoms with Crippen LogP contribution in [-0.4, -0.2) is 39.7 Å². The van der Waals surface area contributed by atoms with Gasteiger partial charge < -0.3 is 15.4 Å². The van der Waals surface area contributed by atoms with Crippen molar-refractivity contribution < 1.29 is 13.2 Å². The minimum absolute atomic E-state index is 0.114. The molecular weight excluding hydrogens is 316 g/mol. The second kappa shape index (κ2) is 6.46. The fourth-order valence-corrected chi connectivity index (χ4v) is 3.66. The molecule has 2 heterocycles. The van der Waals surface area contributed by atoms with Crippen molar-refractivity contribution in [2.75, 3.05) is 7.05 Å². The van der Waals surface area contributed by atoms with E-state index in [0.717, 1.165) is 30.8 Å². The number of nitrogens with zero attached hydrogens (tertiary/aromatic N) is 1. The van der Waals surface area contributed by atoms with Crippen molar-refractivity contribution in [2.24, 2.45) is 10.1 Å². The lowest BCUT2D eigenvalue weighted by Crippen LogP contribution is -2.47. The maximum Gasteiger partial charge on any atom is 0.238 e. The zero-order valence-corrected chi connectivity index (χ0v) is 13.8. The lowest BCUT2D eigenvalue weighted by atomic mass is 9.96. The van der Waals surface area contributed by atoms with E-state index in [1.54, 1.807) is 19.2 Å². The lowest BCUT2D eigenvalue weighted by molar-refractivity contribution is 0.0992. The maximum atomic E-state index is 11.2. The average Bonchev–Trinajstić information content (AvgIpc) is 3.13. The van der Waals surface area contributed by atoms with Gasteiger partial charge in [0.1, 0.15) is 0 Å². The Balaban J connectivity index is 1.54. The zero-order valence-electron chi connectivity index (χ0n) is 13.0. The highest BCUT2D eigenvalue weighted by atomic mass is 32.2. The van der Waals surface area contributed by atoms with Crippen molar-refractivity contribution in [3.05, 3.63) is 29.8 Å². The highest BCUT2D eigenvalue weighted by Gasteiger charge is 2.41. The van der Waals surface area contributed by atoms with Crippen molar-refractivity contribution in [3.8, 4) is 0 Å². The number of nitrogens with two attached hydrogens (primary N) is 1. The van der Waals surface area contributed by atoms with Gasteiger partial charge in [0.25, 0.3) is 0 Å². The van der Waals surface area contributed by atoms with Gasteiger partial charge in [0.05, 0.1) is 23.1 Å². The fraction of sp³-hybridized carbons (Fsp3) is 0.533. The van der Waals surface area contributed by atoms with Gasteiger partial charge in [-0.3, -0.25) is 4.99 Å². The summed E-state index contributed by atoms with van der Waals surface area (Å²) in [6, 6.07) is 6.80. The lowest BCUT2D eigenvalue weighted by Gasteiger charge is -2.22. The zero-order chi connectivity index (χ0) is 16.4. The topological polar surface area (TPSA) is 106 Å². The summed E-state index contributed by atoms with van der Waals surface area (Å²) in [5.74, 6) is 0.724. The summed E-state index contributed by atoms with van der Waals surface area (Å²) in [6.45, 7) is 0.548. The third-order valence-corrected chi connectivity index (χ3v) is 5.29. The van der Waals surface area contributed by atoms with Gasteiger partial charge in [0.2, 0.25) is 10.0 Å². The summed E-state index contributed by atoms with van der Waals surface area (Å²) in [5, 5.41) is 11.7. The van der Waals surface area contributed by atoms with E-state index < -0.39 is 10.0 Å². The van der Waals surface area contributed by atoms with Crippen molar-refractivity contribution in [2.45, 2.75) is 49.0 Å². The molecule has 2 aliphatic heterocycles. The van der Waals surface area contributed by atoms with Gasteiger partial charge in [0.15, 0.2) is 5.96 Å². The number of sulfonamides is 1. The quantitative estimate of drug-likeness (QED) is 0.541. The highest BCUT2D eigenvalue weighted by Crippen LogP contribution is 2.34. The number of hydrogen-bond acceptors (Lipinski definition) is 4. The van der Waals surface area contributed by atoms with Crippen LogP contribution in [-0.2, 0) is 21.3 Å². The van der Waals surface area contributed by atoms with Gasteiger partial charge in [-0.1, -0.05) is 12.1 Å². The van der Waals surface area contributed by atoms with Crippen LogP contribution in [0.15, 0.2) is 34.2 Å². The second-order valence-electron chi connectivity index (χ2n) is 5.98. The number of rotatable bonds is 4. The Kier molecular flexibility index (Phi) is 4.56. The van der Waals surface area contributed by atoms with E-state index in [-0.39, 0.29) is 11.0 Å². The van der Waals surface area contributed by atoms with Gasteiger partial charge in [-0.05, 0) is 37.0 Å². The molecule has 0 aromatic heterocycles. The molecule has 0 aliphatic carbocycles. The van der Waals surface area contributed by atoms with Crippen LogP contribution in [0.1, 0.15) is 24.8 Å². The first-order valence-corrected chi connectivity index (χ1v) is 9.25. The largest absolute Gasteiger partial charge is 0.373 e. The number of nitrogens with one attached hydrogen (secondary N) is 2. The Morgan fingerprint density at radius 1 is 1.35 bits per heavy atom. The second-order valence-corrected chi connectivity index (χ2v) is 7.54. The van der Waals surface area contributed by atoms with E-state index >= 15 is 0 Å². The number of benzene rings is 1. The smallest absolute Gasteiger partial charge is 0.238 e. The molecule has 2 bridgehead atoms. The van der Waals surface area contributed by atoms with Crippen LogP contribution in [0.4, 0.5) is 0 Å². The number of guanidine groups is 1. The van der Waals surface area contributed by atoms with Crippen molar-refractivity contribution >= 4 is 16.0 Å². The number of aliphatic imine (C=N–C) groups is 1. The molecule has 3 atom stereocenters. The van der Waals surface area contributed by atoms with E-state index in [1.807, 2.05) is 0 Å². The Hall–Kier alpha value is -1.64. The summed E-state index contributed by atoms with van der Waals surface area (Å²) in [6.07, 6.45) is 3.96. The van der Waals surface area contributed by atoms with Gasteiger partial charge in [-0.2, -0.15) is 0 Å². The molecule has 0 radical (unpaired) electrons. The predicted octanol–water partition coefficient (Wildman–Crippen LogP) is 0.319. The van der Waals surface area contributed by atoms with Crippen LogP contribution in [0, 0.1) is 0 Å². The first-order chi connectivity index (χ1) is 11.0. The van der Waals surface area contributed by atoms with Gasteiger partial charge >= 0.3 is 0 Å². The molecule has 1 aromatic rings. The number of ether oxygens (including phenoxy) is 1. The Morgan fingerprint density at radius 2 is 2.09 bits per heavy atom. The Labute approximate surface area is 136 Å². The minimum Gasteiger partial charge on any atom is -0.373 e. The molecule has 2 fully saturated rings. The van der Waals surface area contributed by atoms with E-state index in [4.69, 9.17) is 9.88 Å². The van der Waals surface area contributed by atoms with E-state index in [1.165, 1.54) is 12.1 Å². The van der Waals surface area contributed by atoms with Crippen molar-refractivity contribution in [1.29, 1.82) is 0 Å². The maximum absolute atomic E-state index is 11.2. The standard InChI is InChI=1S/C15H22N4O3S/c1-17-15(19-13-8-11-4-7-14(13)22-11)18-9-10-2-5-12(6-3-10)23(16,20)21/h2-3,5-6,11,13-14H,4,7-9H2,1H3,(H2,16,20,21)(H2,17,18,19). The molecular formula is C15H22N4O3S. The van der Waals surface area contributed by atoms with Gasteiger partial charge in [-0.15, -0.1) is 0 Å². The van der Waals surface area contributed by atoms with Crippen LogP contribution in [0.5, 0.6) is 0 Å².